The number of halogens is 2. The average molecular weight is 406 g/mol. The minimum Gasteiger partial charge on any atom is -0.487 e. The van der Waals surface area contributed by atoms with Crippen LogP contribution in [0.2, 0.25) is 0 Å². The maximum atomic E-state index is 12.1. The van der Waals surface area contributed by atoms with E-state index in [9.17, 15) is 4.79 Å². The second kappa shape index (κ2) is 12.9. The van der Waals surface area contributed by atoms with E-state index >= 15 is 0 Å². The monoisotopic (exact) mass is 405 g/mol. The van der Waals surface area contributed by atoms with Crippen LogP contribution in [0.3, 0.4) is 0 Å². The predicted octanol–water partition coefficient (Wildman–Crippen LogP) is 3.60. The summed E-state index contributed by atoms with van der Waals surface area (Å²) in [6.07, 6.45) is 1.09. The van der Waals surface area contributed by atoms with Gasteiger partial charge in [0.25, 0.3) is 5.91 Å². The summed E-state index contributed by atoms with van der Waals surface area (Å²) >= 11 is 1.60. The lowest BCUT2D eigenvalue weighted by atomic mass is 10.2. The first-order valence-electron chi connectivity index (χ1n) is 7.82. The van der Waals surface area contributed by atoms with E-state index in [0.29, 0.717) is 24.5 Å². The van der Waals surface area contributed by atoms with Gasteiger partial charge < -0.3 is 15.4 Å². The number of aromatic nitrogens is 1. The Balaban J connectivity index is 0.00000288. The fourth-order valence-electron chi connectivity index (χ4n) is 2.03. The minimum absolute atomic E-state index is 0. The highest BCUT2D eigenvalue weighted by atomic mass is 35.5. The Morgan fingerprint density at radius 2 is 2.04 bits per heavy atom. The van der Waals surface area contributed by atoms with Crippen molar-refractivity contribution in [2.45, 2.75) is 26.9 Å². The van der Waals surface area contributed by atoms with E-state index in [1.165, 1.54) is 0 Å². The largest absolute Gasteiger partial charge is 0.487 e. The van der Waals surface area contributed by atoms with Crippen molar-refractivity contribution >= 4 is 42.1 Å². The zero-order valence-electron chi connectivity index (χ0n) is 14.4. The number of nitrogens with one attached hydrogen (secondary N) is 2. The standard InChI is InChI=1S/C17H23N3O2S.2ClH/c1-3-7-18-8-9-19-17(21)14-5-4-6-16(10-14)22-11-15-12-23-13(2)20-15;;/h4-6,10,12,18H,3,7-9,11H2,1-2H3,(H,19,21);2*1H. The molecule has 0 unspecified atom stereocenters. The summed E-state index contributed by atoms with van der Waals surface area (Å²) in [5.41, 5.74) is 1.51. The molecule has 1 aromatic heterocycles. The molecule has 1 amide bonds. The van der Waals surface area contributed by atoms with Gasteiger partial charge >= 0.3 is 0 Å². The van der Waals surface area contributed by atoms with Crippen molar-refractivity contribution in [2.24, 2.45) is 0 Å². The molecule has 0 atom stereocenters. The molecule has 2 rings (SSSR count). The molecule has 0 spiro atoms. The van der Waals surface area contributed by atoms with E-state index in [4.69, 9.17) is 4.74 Å². The third kappa shape index (κ3) is 8.54. The van der Waals surface area contributed by atoms with Gasteiger partial charge in [-0.2, -0.15) is 0 Å². The van der Waals surface area contributed by atoms with Crippen LogP contribution < -0.4 is 15.4 Å². The number of carbonyl (C=O) groups is 1. The molecule has 2 N–H and O–H groups in total. The topological polar surface area (TPSA) is 63.2 Å². The molecule has 0 radical (unpaired) electrons. The molecule has 5 nitrogen and oxygen atoms in total. The van der Waals surface area contributed by atoms with Crippen molar-refractivity contribution in [1.29, 1.82) is 0 Å². The number of benzene rings is 1. The zero-order chi connectivity index (χ0) is 16.5. The second-order valence-corrected chi connectivity index (χ2v) is 6.24. The van der Waals surface area contributed by atoms with E-state index in [2.05, 4.69) is 22.5 Å². The van der Waals surface area contributed by atoms with Crippen LogP contribution in [0.15, 0.2) is 29.6 Å². The van der Waals surface area contributed by atoms with Crippen LogP contribution >= 0.6 is 36.2 Å². The molecule has 0 bridgehead atoms. The first kappa shape index (κ1) is 23.7. The van der Waals surface area contributed by atoms with Crippen LogP contribution in [0.1, 0.15) is 34.4 Å². The number of amides is 1. The first-order valence-corrected chi connectivity index (χ1v) is 8.69. The summed E-state index contributed by atoms with van der Waals surface area (Å²) in [5, 5.41) is 9.15. The Morgan fingerprint density at radius 1 is 1.24 bits per heavy atom. The molecule has 1 aromatic carbocycles. The Labute approximate surface area is 165 Å². The molecule has 1 heterocycles. The highest BCUT2D eigenvalue weighted by molar-refractivity contribution is 7.09. The van der Waals surface area contributed by atoms with E-state index in [0.717, 1.165) is 30.2 Å². The van der Waals surface area contributed by atoms with Gasteiger partial charge in [0.2, 0.25) is 0 Å². The summed E-state index contributed by atoms with van der Waals surface area (Å²) in [4.78, 5) is 16.5. The molecule has 0 aliphatic rings. The minimum atomic E-state index is -0.0850. The molecule has 0 fully saturated rings. The van der Waals surface area contributed by atoms with E-state index in [1.54, 1.807) is 23.5 Å². The summed E-state index contributed by atoms with van der Waals surface area (Å²) < 4.78 is 5.71. The van der Waals surface area contributed by atoms with Crippen molar-refractivity contribution < 1.29 is 9.53 Å². The fourth-order valence-corrected chi connectivity index (χ4v) is 2.62. The predicted molar refractivity (Wildman–Crippen MR) is 108 cm³/mol. The van der Waals surface area contributed by atoms with Gasteiger partial charge in [0.15, 0.2) is 0 Å². The maximum absolute atomic E-state index is 12.1. The van der Waals surface area contributed by atoms with Gasteiger partial charge in [-0.05, 0) is 38.1 Å². The molecular formula is C17H25Cl2N3O2S. The van der Waals surface area contributed by atoms with Crippen molar-refractivity contribution in [1.82, 2.24) is 15.6 Å². The zero-order valence-corrected chi connectivity index (χ0v) is 16.9. The summed E-state index contributed by atoms with van der Waals surface area (Å²) in [6, 6.07) is 7.22. The molecule has 0 saturated heterocycles. The number of hydrogen-bond acceptors (Lipinski definition) is 5. The van der Waals surface area contributed by atoms with Crippen LogP contribution in [0.5, 0.6) is 5.75 Å². The van der Waals surface area contributed by atoms with Crippen LogP contribution in [0.25, 0.3) is 0 Å². The highest BCUT2D eigenvalue weighted by Crippen LogP contribution is 2.16. The Bertz CT molecular complexity index is 638. The molecular weight excluding hydrogens is 381 g/mol. The third-order valence-corrected chi connectivity index (χ3v) is 3.99. The van der Waals surface area contributed by atoms with Crippen LogP contribution in [0, 0.1) is 6.92 Å². The van der Waals surface area contributed by atoms with Crippen LogP contribution in [-0.2, 0) is 6.61 Å². The normalized spacial score (nSPS) is 9.68. The third-order valence-electron chi connectivity index (χ3n) is 3.16. The number of hydrogen-bond donors (Lipinski definition) is 2. The molecule has 8 heteroatoms. The van der Waals surface area contributed by atoms with E-state index < -0.39 is 0 Å². The van der Waals surface area contributed by atoms with Gasteiger partial charge in [0.1, 0.15) is 12.4 Å². The number of thiazole rings is 1. The van der Waals surface area contributed by atoms with E-state index in [1.807, 2.05) is 24.4 Å². The molecule has 25 heavy (non-hydrogen) atoms. The highest BCUT2D eigenvalue weighted by Gasteiger charge is 2.07. The summed E-state index contributed by atoms with van der Waals surface area (Å²) in [6.45, 7) is 6.85. The molecule has 0 aliphatic heterocycles. The lowest BCUT2D eigenvalue weighted by molar-refractivity contribution is 0.0953. The van der Waals surface area contributed by atoms with Crippen molar-refractivity contribution in [2.75, 3.05) is 19.6 Å². The SMILES string of the molecule is CCCNCCNC(=O)c1cccc(OCc2csc(C)n2)c1.Cl.Cl. The van der Waals surface area contributed by atoms with Gasteiger partial charge in [-0.25, -0.2) is 4.98 Å². The van der Waals surface area contributed by atoms with E-state index in [-0.39, 0.29) is 30.7 Å². The van der Waals surface area contributed by atoms with Gasteiger partial charge in [-0.1, -0.05) is 13.0 Å². The number of carbonyl (C=O) groups excluding carboxylic acids is 1. The molecule has 2 aromatic rings. The van der Waals surface area contributed by atoms with Crippen LogP contribution in [0.4, 0.5) is 0 Å². The van der Waals surface area contributed by atoms with Crippen molar-refractivity contribution in [3.8, 4) is 5.75 Å². The van der Waals surface area contributed by atoms with Gasteiger partial charge in [0.05, 0.1) is 10.7 Å². The maximum Gasteiger partial charge on any atom is 0.251 e. The van der Waals surface area contributed by atoms with Gasteiger partial charge in [-0.15, -0.1) is 36.2 Å². The number of nitrogens with zero attached hydrogens (tertiary/aromatic N) is 1. The Kier molecular flexibility index (Phi) is 12.2. The smallest absolute Gasteiger partial charge is 0.251 e. The fraction of sp³-hybridized carbons (Fsp3) is 0.412. The lowest BCUT2D eigenvalue weighted by Gasteiger charge is -2.08. The quantitative estimate of drug-likeness (QED) is 0.625. The number of aryl methyl sites for hydroxylation is 1. The Morgan fingerprint density at radius 3 is 2.72 bits per heavy atom. The molecule has 0 aliphatic carbocycles. The first-order chi connectivity index (χ1) is 11.2. The van der Waals surface area contributed by atoms with Crippen molar-refractivity contribution in [3.05, 3.63) is 45.9 Å². The number of ether oxygens (including phenoxy) is 1. The second-order valence-electron chi connectivity index (χ2n) is 5.18. The van der Waals surface area contributed by atoms with Gasteiger partial charge in [0, 0.05) is 24.0 Å². The average Bonchev–Trinajstić information content (AvgIpc) is 2.98. The summed E-state index contributed by atoms with van der Waals surface area (Å²) in [7, 11) is 0. The lowest BCUT2D eigenvalue weighted by Crippen LogP contribution is -2.32. The van der Waals surface area contributed by atoms with Crippen molar-refractivity contribution in [3.63, 3.8) is 0 Å². The summed E-state index contributed by atoms with van der Waals surface area (Å²) in [5.74, 6) is 0.589. The van der Waals surface area contributed by atoms with Crippen LogP contribution in [-0.4, -0.2) is 30.5 Å². The number of rotatable bonds is 9. The van der Waals surface area contributed by atoms with Gasteiger partial charge in [-0.3, -0.25) is 4.79 Å². The molecule has 0 saturated carbocycles. The molecule has 140 valence electrons. The Hall–Kier alpha value is -1.34.